The van der Waals surface area contributed by atoms with Gasteiger partial charge in [0.05, 0.1) is 19.7 Å². The molecule has 0 atom stereocenters. The van der Waals surface area contributed by atoms with Gasteiger partial charge in [-0.15, -0.1) is 24.0 Å². The summed E-state index contributed by atoms with van der Waals surface area (Å²) in [6.07, 6.45) is 3.29. The predicted octanol–water partition coefficient (Wildman–Crippen LogP) is 1.11. The number of ether oxygens (including phenoxy) is 2. The maximum Gasteiger partial charge on any atom is 0.213 e. The van der Waals surface area contributed by atoms with Crippen molar-refractivity contribution in [2.75, 3.05) is 26.9 Å². The van der Waals surface area contributed by atoms with Crippen LogP contribution < -0.4 is 15.4 Å². The molecule has 0 aliphatic heterocycles. The lowest BCUT2D eigenvalue weighted by molar-refractivity contribution is 0.143. The molecule has 0 saturated heterocycles. The van der Waals surface area contributed by atoms with Crippen molar-refractivity contribution in [3.05, 3.63) is 36.0 Å². The first-order chi connectivity index (χ1) is 12.2. The molecule has 0 spiro atoms. The number of aromatic nitrogens is 4. The molecule has 0 aliphatic rings. The fourth-order valence-corrected chi connectivity index (χ4v) is 1.97. The molecule has 0 amide bonds. The number of halogens is 1. The molecule has 9 nitrogen and oxygen atoms in total. The summed E-state index contributed by atoms with van der Waals surface area (Å²) in [6, 6.07) is 3.78. The number of nitrogens with zero attached hydrogens (tertiary/aromatic N) is 5. The van der Waals surface area contributed by atoms with E-state index in [1.165, 1.54) is 6.33 Å². The van der Waals surface area contributed by atoms with Gasteiger partial charge in [-0.1, -0.05) is 6.07 Å². The summed E-state index contributed by atoms with van der Waals surface area (Å²) in [7, 11) is 3.49. The Bertz CT molecular complexity index is 661. The Hall–Kier alpha value is -1.95. The molecule has 0 radical (unpaired) electrons. The normalized spacial score (nSPS) is 11.0. The third-order valence-corrected chi connectivity index (χ3v) is 3.32. The third kappa shape index (κ3) is 7.52. The Morgan fingerprint density at radius 1 is 1.23 bits per heavy atom. The second kappa shape index (κ2) is 12.4. The van der Waals surface area contributed by atoms with Crippen LogP contribution in [0.25, 0.3) is 0 Å². The van der Waals surface area contributed by atoms with Gasteiger partial charge in [-0.2, -0.15) is 5.10 Å². The van der Waals surface area contributed by atoms with E-state index in [1.54, 1.807) is 18.0 Å². The Kier molecular flexibility index (Phi) is 10.5. The zero-order valence-corrected chi connectivity index (χ0v) is 17.6. The van der Waals surface area contributed by atoms with Gasteiger partial charge in [-0.3, -0.25) is 4.68 Å². The highest BCUT2D eigenvalue weighted by Crippen LogP contribution is 2.08. The van der Waals surface area contributed by atoms with E-state index in [1.807, 2.05) is 26.1 Å². The van der Waals surface area contributed by atoms with Crippen LogP contribution in [0.5, 0.6) is 5.88 Å². The van der Waals surface area contributed by atoms with Crippen molar-refractivity contribution < 1.29 is 9.47 Å². The lowest BCUT2D eigenvalue weighted by atomic mass is 10.3. The molecular formula is C16H26IN7O2. The van der Waals surface area contributed by atoms with Crippen LogP contribution in [-0.4, -0.2) is 52.6 Å². The summed E-state index contributed by atoms with van der Waals surface area (Å²) in [6.45, 7) is 4.88. The molecular weight excluding hydrogens is 449 g/mol. The topological polar surface area (TPSA) is 98.5 Å². The molecule has 26 heavy (non-hydrogen) atoms. The van der Waals surface area contributed by atoms with E-state index in [9.17, 15) is 0 Å². The van der Waals surface area contributed by atoms with E-state index in [4.69, 9.17) is 9.47 Å². The minimum Gasteiger partial charge on any atom is -0.475 e. The first kappa shape index (κ1) is 22.1. The SMILES string of the molecule is CCNC(=NCc1ccc(OCCOC)nc1)NCc1ncnn1C.I. The molecule has 0 unspecified atom stereocenters. The van der Waals surface area contributed by atoms with Crippen molar-refractivity contribution in [3.63, 3.8) is 0 Å². The van der Waals surface area contributed by atoms with Crippen LogP contribution in [0.15, 0.2) is 29.6 Å². The first-order valence-corrected chi connectivity index (χ1v) is 8.14. The Labute approximate surface area is 170 Å². The van der Waals surface area contributed by atoms with E-state index >= 15 is 0 Å². The predicted molar refractivity (Wildman–Crippen MR) is 110 cm³/mol. The number of nitrogens with one attached hydrogen (secondary N) is 2. The van der Waals surface area contributed by atoms with Crippen molar-refractivity contribution >= 4 is 29.9 Å². The fourth-order valence-electron chi connectivity index (χ4n) is 1.97. The van der Waals surface area contributed by atoms with Crippen molar-refractivity contribution in [1.82, 2.24) is 30.4 Å². The van der Waals surface area contributed by atoms with Crippen molar-refractivity contribution in [2.24, 2.45) is 12.0 Å². The second-order valence-electron chi connectivity index (χ2n) is 5.19. The summed E-state index contributed by atoms with van der Waals surface area (Å²) in [5.41, 5.74) is 0.995. The average molecular weight is 475 g/mol. The summed E-state index contributed by atoms with van der Waals surface area (Å²) < 4.78 is 12.1. The van der Waals surface area contributed by atoms with Crippen LogP contribution in [-0.2, 0) is 24.9 Å². The third-order valence-electron chi connectivity index (χ3n) is 3.32. The minimum atomic E-state index is 0. The lowest BCUT2D eigenvalue weighted by Crippen LogP contribution is -2.37. The zero-order chi connectivity index (χ0) is 17.9. The van der Waals surface area contributed by atoms with Crippen molar-refractivity contribution in [2.45, 2.75) is 20.0 Å². The number of aryl methyl sites for hydroxylation is 1. The van der Waals surface area contributed by atoms with E-state index in [2.05, 4.69) is 30.7 Å². The van der Waals surface area contributed by atoms with E-state index in [-0.39, 0.29) is 24.0 Å². The van der Waals surface area contributed by atoms with Gasteiger partial charge in [0.2, 0.25) is 5.88 Å². The van der Waals surface area contributed by atoms with Crippen LogP contribution in [0, 0.1) is 0 Å². The maximum atomic E-state index is 5.44. The number of methoxy groups -OCH3 is 1. The van der Waals surface area contributed by atoms with Crippen LogP contribution >= 0.6 is 24.0 Å². The monoisotopic (exact) mass is 475 g/mol. The van der Waals surface area contributed by atoms with Crippen molar-refractivity contribution in [1.29, 1.82) is 0 Å². The summed E-state index contributed by atoms with van der Waals surface area (Å²) in [5, 5.41) is 10.5. The Morgan fingerprint density at radius 2 is 2.08 bits per heavy atom. The number of guanidine groups is 1. The maximum absolute atomic E-state index is 5.44. The van der Waals surface area contributed by atoms with Gasteiger partial charge < -0.3 is 20.1 Å². The largest absolute Gasteiger partial charge is 0.475 e. The smallest absolute Gasteiger partial charge is 0.213 e. The summed E-state index contributed by atoms with van der Waals surface area (Å²) in [5.74, 6) is 2.13. The van der Waals surface area contributed by atoms with E-state index < -0.39 is 0 Å². The zero-order valence-electron chi connectivity index (χ0n) is 15.3. The highest BCUT2D eigenvalue weighted by Gasteiger charge is 2.03. The lowest BCUT2D eigenvalue weighted by Gasteiger charge is -2.11. The number of rotatable bonds is 9. The molecule has 2 N–H and O–H groups in total. The first-order valence-electron chi connectivity index (χ1n) is 8.14. The fraction of sp³-hybridized carbons (Fsp3) is 0.500. The summed E-state index contributed by atoms with van der Waals surface area (Å²) >= 11 is 0. The number of aliphatic imine (C=N–C) groups is 1. The molecule has 0 aromatic carbocycles. The van der Waals surface area contributed by atoms with E-state index in [0.29, 0.717) is 38.1 Å². The van der Waals surface area contributed by atoms with Gasteiger partial charge in [-0.25, -0.2) is 15.0 Å². The van der Waals surface area contributed by atoms with Gasteiger partial charge in [0.25, 0.3) is 0 Å². The van der Waals surface area contributed by atoms with Crippen molar-refractivity contribution in [3.8, 4) is 5.88 Å². The second-order valence-corrected chi connectivity index (χ2v) is 5.19. The van der Waals surface area contributed by atoms with Gasteiger partial charge in [0.15, 0.2) is 5.96 Å². The van der Waals surface area contributed by atoms with Gasteiger partial charge >= 0.3 is 0 Å². The molecule has 0 aliphatic carbocycles. The van der Waals surface area contributed by atoms with Gasteiger partial charge in [-0.05, 0) is 12.5 Å². The van der Waals surface area contributed by atoms with E-state index in [0.717, 1.165) is 17.9 Å². The number of pyridine rings is 1. The summed E-state index contributed by atoms with van der Waals surface area (Å²) in [4.78, 5) is 13.0. The Balaban J connectivity index is 0.00000338. The molecule has 0 fully saturated rings. The molecule has 2 aromatic heterocycles. The van der Waals surface area contributed by atoms with Crippen LogP contribution in [0.3, 0.4) is 0 Å². The number of hydrogen-bond donors (Lipinski definition) is 2. The van der Waals surface area contributed by atoms with Crippen LogP contribution in [0.4, 0.5) is 0 Å². The molecule has 10 heteroatoms. The minimum absolute atomic E-state index is 0. The molecule has 2 heterocycles. The molecule has 0 bridgehead atoms. The Morgan fingerprint density at radius 3 is 2.69 bits per heavy atom. The van der Waals surface area contributed by atoms with Gasteiger partial charge in [0.1, 0.15) is 18.8 Å². The quantitative estimate of drug-likeness (QED) is 0.243. The standard InChI is InChI=1S/C16H25N7O2.HI/c1-4-17-16(20-11-14-21-12-22-23(14)2)19-10-13-5-6-15(18-9-13)25-8-7-24-3;/h5-6,9,12H,4,7-8,10-11H2,1-3H3,(H2,17,19,20);1H. The highest BCUT2D eigenvalue weighted by atomic mass is 127. The van der Waals surface area contributed by atoms with Crippen LogP contribution in [0.1, 0.15) is 18.3 Å². The molecule has 2 aromatic rings. The average Bonchev–Trinajstić information content (AvgIpc) is 3.04. The number of hydrogen-bond acceptors (Lipinski definition) is 6. The molecule has 2 rings (SSSR count). The highest BCUT2D eigenvalue weighted by molar-refractivity contribution is 14.0. The van der Waals surface area contributed by atoms with Crippen LogP contribution in [0.2, 0.25) is 0 Å². The molecule has 144 valence electrons. The van der Waals surface area contributed by atoms with Gasteiger partial charge in [0, 0.05) is 33.0 Å². The molecule has 0 saturated carbocycles.